The highest BCUT2D eigenvalue weighted by Gasteiger charge is 1.98. The molecule has 0 aliphatic rings. The second kappa shape index (κ2) is 6.58. The van der Waals surface area contributed by atoms with Crippen molar-refractivity contribution in [3.05, 3.63) is 65.2 Å². The lowest BCUT2D eigenvalue weighted by Crippen LogP contribution is -2.00. The molecule has 2 aromatic carbocycles. The molecule has 19 heavy (non-hydrogen) atoms. The van der Waals surface area contributed by atoms with Crippen LogP contribution in [0, 0.1) is 11.3 Å². The molecule has 0 unspecified atom stereocenters. The van der Waals surface area contributed by atoms with Crippen LogP contribution in [0.5, 0.6) is 0 Å². The van der Waals surface area contributed by atoms with Crippen molar-refractivity contribution in [1.29, 1.82) is 5.26 Å². The van der Waals surface area contributed by atoms with Crippen LogP contribution in [-0.4, -0.2) is 7.11 Å². The maximum atomic E-state index is 8.86. The standard InChI is InChI=1S/C16H16N2O/c1-19-12-15-6-3-7-16(9-15)18-11-14-5-2-4-13(8-14)10-17/h2-9,18H,11-12H2,1H3. The highest BCUT2D eigenvalue weighted by molar-refractivity contribution is 5.46. The Morgan fingerprint density at radius 3 is 2.68 bits per heavy atom. The molecule has 0 atom stereocenters. The quantitative estimate of drug-likeness (QED) is 0.887. The molecule has 3 nitrogen and oxygen atoms in total. The molecule has 96 valence electrons. The first kappa shape index (κ1) is 13.1. The van der Waals surface area contributed by atoms with Crippen LogP contribution in [-0.2, 0) is 17.9 Å². The fourth-order valence-electron chi connectivity index (χ4n) is 1.89. The Bertz CT molecular complexity index is 587. The molecule has 0 aromatic heterocycles. The van der Waals surface area contributed by atoms with Gasteiger partial charge in [-0.25, -0.2) is 0 Å². The van der Waals surface area contributed by atoms with Gasteiger partial charge in [-0.1, -0.05) is 24.3 Å². The van der Waals surface area contributed by atoms with Gasteiger partial charge in [-0.2, -0.15) is 5.26 Å². The minimum absolute atomic E-state index is 0.611. The van der Waals surface area contributed by atoms with Gasteiger partial charge < -0.3 is 10.1 Å². The van der Waals surface area contributed by atoms with Crippen molar-refractivity contribution in [2.24, 2.45) is 0 Å². The van der Waals surface area contributed by atoms with Crippen LogP contribution in [0.25, 0.3) is 0 Å². The van der Waals surface area contributed by atoms with E-state index < -0.39 is 0 Å². The average molecular weight is 252 g/mol. The zero-order valence-electron chi connectivity index (χ0n) is 10.9. The topological polar surface area (TPSA) is 45.0 Å². The van der Waals surface area contributed by atoms with E-state index in [2.05, 4.69) is 17.5 Å². The van der Waals surface area contributed by atoms with Gasteiger partial charge in [0, 0.05) is 19.3 Å². The van der Waals surface area contributed by atoms with Crippen molar-refractivity contribution >= 4 is 5.69 Å². The molecule has 1 N–H and O–H groups in total. The summed E-state index contributed by atoms with van der Waals surface area (Å²) >= 11 is 0. The summed E-state index contributed by atoms with van der Waals surface area (Å²) in [6, 6.07) is 17.9. The van der Waals surface area contributed by atoms with E-state index in [-0.39, 0.29) is 0 Å². The summed E-state index contributed by atoms with van der Waals surface area (Å²) in [5.41, 5.74) is 3.97. The Morgan fingerprint density at radius 1 is 1.11 bits per heavy atom. The summed E-state index contributed by atoms with van der Waals surface area (Å²) in [5, 5.41) is 12.2. The molecule has 0 heterocycles. The van der Waals surface area contributed by atoms with Gasteiger partial charge in [-0.3, -0.25) is 0 Å². The van der Waals surface area contributed by atoms with Gasteiger partial charge in [0.25, 0.3) is 0 Å². The zero-order valence-corrected chi connectivity index (χ0v) is 10.9. The van der Waals surface area contributed by atoms with Crippen LogP contribution in [0.4, 0.5) is 5.69 Å². The number of hydrogen-bond donors (Lipinski definition) is 1. The highest BCUT2D eigenvalue weighted by atomic mass is 16.5. The Balaban J connectivity index is 2.01. The van der Waals surface area contributed by atoms with Crippen molar-refractivity contribution in [2.75, 3.05) is 12.4 Å². The Hall–Kier alpha value is -2.31. The van der Waals surface area contributed by atoms with E-state index in [1.54, 1.807) is 7.11 Å². The third-order valence-electron chi connectivity index (χ3n) is 2.79. The van der Waals surface area contributed by atoms with Crippen LogP contribution in [0.15, 0.2) is 48.5 Å². The molecule has 0 spiro atoms. The maximum absolute atomic E-state index is 8.86. The van der Waals surface area contributed by atoms with Gasteiger partial charge in [-0.15, -0.1) is 0 Å². The SMILES string of the molecule is COCc1cccc(NCc2cccc(C#N)c2)c1. The van der Waals surface area contributed by atoms with Gasteiger partial charge in [0.15, 0.2) is 0 Å². The van der Waals surface area contributed by atoms with Crippen LogP contribution >= 0.6 is 0 Å². The summed E-state index contributed by atoms with van der Waals surface area (Å²) in [5.74, 6) is 0. The molecule has 0 radical (unpaired) electrons. The molecular weight excluding hydrogens is 236 g/mol. The number of hydrogen-bond acceptors (Lipinski definition) is 3. The van der Waals surface area contributed by atoms with Crippen molar-refractivity contribution < 1.29 is 4.74 Å². The molecule has 2 rings (SSSR count). The zero-order chi connectivity index (χ0) is 13.5. The minimum atomic E-state index is 0.611. The molecule has 0 aliphatic carbocycles. The van der Waals surface area contributed by atoms with Crippen LogP contribution in [0.2, 0.25) is 0 Å². The van der Waals surface area contributed by atoms with Crippen molar-refractivity contribution in [3.63, 3.8) is 0 Å². The van der Waals surface area contributed by atoms with Crippen LogP contribution in [0.1, 0.15) is 16.7 Å². The van der Waals surface area contributed by atoms with Gasteiger partial charge in [0.05, 0.1) is 18.2 Å². The summed E-state index contributed by atoms with van der Waals surface area (Å²) < 4.78 is 5.11. The minimum Gasteiger partial charge on any atom is -0.381 e. The number of rotatable bonds is 5. The van der Waals surface area contributed by atoms with Crippen LogP contribution < -0.4 is 5.32 Å². The lowest BCUT2D eigenvalue weighted by Gasteiger charge is -2.08. The van der Waals surface area contributed by atoms with E-state index in [0.717, 1.165) is 16.8 Å². The fourth-order valence-corrected chi connectivity index (χ4v) is 1.89. The summed E-state index contributed by atoms with van der Waals surface area (Å²) in [7, 11) is 1.69. The van der Waals surface area contributed by atoms with E-state index in [9.17, 15) is 0 Å². The van der Waals surface area contributed by atoms with Crippen molar-refractivity contribution in [2.45, 2.75) is 13.2 Å². The first-order chi connectivity index (χ1) is 9.31. The molecule has 0 bridgehead atoms. The van der Waals surface area contributed by atoms with Crippen molar-refractivity contribution in [3.8, 4) is 6.07 Å². The Labute approximate surface area is 113 Å². The van der Waals surface area contributed by atoms with Crippen molar-refractivity contribution in [1.82, 2.24) is 0 Å². The largest absolute Gasteiger partial charge is 0.381 e. The normalized spacial score (nSPS) is 9.89. The number of nitrogens with zero attached hydrogens (tertiary/aromatic N) is 1. The molecule has 0 aliphatic heterocycles. The molecule has 0 saturated heterocycles. The van der Waals surface area contributed by atoms with E-state index in [0.29, 0.717) is 18.7 Å². The first-order valence-electron chi connectivity index (χ1n) is 6.12. The van der Waals surface area contributed by atoms with Crippen LogP contribution in [0.3, 0.4) is 0 Å². The number of nitriles is 1. The predicted octanol–water partition coefficient (Wildman–Crippen LogP) is 3.32. The number of nitrogens with one attached hydrogen (secondary N) is 1. The second-order valence-electron chi connectivity index (χ2n) is 4.30. The molecule has 0 saturated carbocycles. The third kappa shape index (κ3) is 3.84. The molecule has 0 amide bonds. The fraction of sp³-hybridized carbons (Fsp3) is 0.188. The maximum Gasteiger partial charge on any atom is 0.0991 e. The van der Waals surface area contributed by atoms with E-state index >= 15 is 0 Å². The summed E-state index contributed by atoms with van der Waals surface area (Å²) in [4.78, 5) is 0. The van der Waals surface area contributed by atoms with E-state index in [1.165, 1.54) is 0 Å². The third-order valence-corrected chi connectivity index (χ3v) is 2.79. The molecular formula is C16H16N2O. The van der Waals surface area contributed by atoms with E-state index in [1.807, 2.05) is 42.5 Å². The number of ether oxygens (including phenoxy) is 1. The lowest BCUT2D eigenvalue weighted by molar-refractivity contribution is 0.185. The monoisotopic (exact) mass is 252 g/mol. The number of benzene rings is 2. The Kier molecular flexibility index (Phi) is 4.54. The van der Waals surface area contributed by atoms with Gasteiger partial charge >= 0.3 is 0 Å². The predicted molar refractivity (Wildman–Crippen MR) is 75.6 cm³/mol. The summed E-state index contributed by atoms with van der Waals surface area (Å²) in [6.45, 7) is 1.31. The smallest absolute Gasteiger partial charge is 0.0991 e. The first-order valence-corrected chi connectivity index (χ1v) is 6.12. The number of methoxy groups -OCH3 is 1. The average Bonchev–Trinajstić information content (AvgIpc) is 2.46. The lowest BCUT2D eigenvalue weighted by atomic mass is 10.1. The summed E-state index contributed by atoms with van der Waals surface area (Å²) in [6.07, 6.45) is 0. The highest BCUT2D eigenvalue weighted by Crippen LogP contribution is 2.13. The van der Waals surface area contributed by atoms with Gasteiger partial charge in [0.1, 0.15) is 0 Å². The Morgan fingerprint density at radius 2 is 1.89 bits per heavy atom. The number of anilines is 1. The van der Waals surface area contributed by atoms with Gasteiger partial charge in [-0.05, 0) is 35.4 Å². The molecule has 2 aromatic rings. The van der Waals surface area contributed by atoms with E-state index in [4.69, 9.17) is 10.00 Å². The van der Waals surface area contributed by atoms with Gasteiger partial charge in [0.2, 0.25) is 0 Å². The molecule has 3 heteroatoms. The second-order valence-corrected chi connectivity index (χ2v) is 4.30. The molecule has 0 fully saturated rings.